The third kappa shape index (κ3) is 2.55. The third-order valence-electron chi connectivity index (χ3n) is 2.62. The number of carboxylic acids is 1. The molecule has 1 aromatic rings. The summed E-state index contributed by atoms with van der Waals surface area (Å²) in [4.78, 5) is 16.8. The number of aliphatic imine (C=N–C) groups is 1. The van der Waals surface area contributed by atoms with Crippen molar-refractivity contribution in [2.75, 3.05) is 31.6 Å². The first kappa shape index (κ1) is 11.4. The zero-order chi connectivity index (χ0) is 12.3. The SMILES string of the molecule is CN(CC(=O)O)c1ccccc1C1=NCCN1. The lowest BCUT2D eigenvalue weighted by Crippen LogP contribution is -2.28. The van der Waals surface area contributed by atoms with Crippen LogP contribution >= 0.6 is 0 Å². The Balaban J connectivity index is 2.30. The van der Waals surface area contributed by atoms with Gasteiger partial charge in [0.25, 0.3) is 0 Å². The van der Waals surface area contributed by atoms with Crippen LogP contribution in [-0.4, -0.2) is 43.6 Å². The van der Waals surface area contributed by atoms with Gasteiger partial charge in [-0.3, -0.25) is 9.79 Å². The van der Waals surface area contributed by atoms with Gasteiger partial charge in [0.1, 0.15) is 12.4 Å². The minimum Gasteiger partial charge on any atom is -0.480 e. The minimum atomic E-state index is -0.844. The zero-order valence-electron chi connectivity index (χ0n) is 9.68. The summed E-state index contributed by atoms with van der Waals surface area (Å²) >= 11 is 0. The van der Waals surface area contributed by atoms with Gasteiger partial charge in [0, 0.05) is 24.8 Å². The normalized spacial score (nSPS) is 14.1. The van der Waals surface area contributed by atoms with Crippen molar-refractivity contribution in [1.82, 2.24) is 5.32 Å². The van der Waals surface area contributed by atoms with Crippen LogP contribution in [0.1, 0.15) is 5.56 Å². The fraction of sp³-hybridized carbons (Fsp3) is 0.333. The third-order valence-corrected chi connectivity index (χ3v) is 2.62. The number of anilines is 1. The molecule has 0 amide bonds. The Morgan fingerprint density at radius 1 is 1.53 bits per heavy atom. The summed E-state index contributed by atoms with van der Waals surface area (Å²) in [6, 6.07) is 7.67. The standard InChI is InChI=1S/C12H15N3O2/c1-15(8-11(16)17)10-5-3-2-4-9(10)12-13-6-7-14-12/h2-5H,6-8H2,1H3,(H,13,14)(H,16,17). The maximum atomic E-state index is 10.7. The highest BCUT2D eigenvalue weighted by Crippen LogP contribution is 2.20. The molecular weight excluding hydrogens is 218 g/mol. The van der Waals surface area contributed by atoms with Crippen LogP contribution in [-0.2, 0) is 4.79 Å². The van der Waals surface area contributed by atoms with E-state index in [1.54, 1.807) is 11.9 Å². The number of aliphatic carboxylic acids is 1. The van der Waals surface area contributed by atoms with Crippen molar-refractivity contribution in [3.63, 3.8) is 0 Å². The molecule has 1 aromatic carbocycles. The summed E-state index contributed by atoms with van der Waals surface area (Å²) in [5, 5.41) is 12.0. The summed E-state index contributed by atoms with van der Waals surface area (Å²) < 4.78 is 0. The van der Waals surface area contributed by atoms with Crippen LogP contribution in [0.15, 0.2) is 29.3 Å². The molecule has 0 unspecified atom stereocenters. The van der Waals surface area contributed by atoms with Gasteiger partial charge in [-0.2, -0.15) is 0 Å². The van der Waals surface area contributed by atoms with Gasteiger partial charge in [-0.05, 0) is 12.1 Å². The molecule has 0 bridgehead atoms. The van der Waals surface area contributed by atoms with Gasteiger partial charge in [-0.15, -0.1) is 0 Å². The second-order valence-corrected chi connectivity index (χ2v) is 3.92. The zero-order valence-corrected chi connectivity index (χ0v) is 9.68. The van der Waals surface area contributed by atoms with Crippen molar-refractivity contribution >= 4 is 17.5 Å². The summed E-state index contributed by atoms with van der Waals surface area (Å²) in [5.41, 5.74) is 1.83. The second-order valence-electron chi connectivity index (χ2n) is 3.92. The smallest absolute Gasteiger partial charge is 0.323 e. The molecule has 0 atom stereocenters. The number of amidine groups is 1. The Kier molecular flexibility index (Phi) is 3.27. The van der Waals surface area contributed by atoms with Gasteiger partial charge in [0.15, 0.2) is 0 Å². The molecule has 1 aliphatic heterocycles. The summed E-state index contributed by atoms with van der Waals surface area (Å²) in [6.07, 6.45) is 0. The molecule has 5 nitrogen and oxygen atoms in total. The van der Waals surface area contributed by atoms with Crippen LogP contribution in [0.4, 0.5) is 5.69 Å². The van der Waals surface area contributed by atoms with E-state index in [4.69, 9.17) is 5.11 Å². The van der Waals surface area contributed by atoms with E-state index < -0.39 is 5.97 Å². The van der Waals surface area contributed by atoms with Crippen molar-refractivity contribution in [2.45, 2.75) is 0 Å². The van der Waals surface area contributed by atoms with E-state index >= 15 is 0 Å². The van der Waals surface area contributed by atoms with Crippen molar-refractivity contribution in [3.05, 3.63) is 29.8 Å². The number of carboxylic acid groups (broad SMARTS) is 1. The predicted molar refractivity (Wildman–Crippen MR) is 66.8 cm³/mol. The van der Waals surface area contributed by atoms with E-state index in [0.717, 1.165) is 30.2 Å². The largest absolute Gasteiger partial charge is 0.480 e. The Labute approximate surface area is 99.8 Å². The molecule has 90 valence electrons. The maximum absolute atomic E-state index is 10.7. The number of nitrogens with zero attached hydrogens (tertiary/aromatic N) is 2. The van der Waals surface area contributed by atoms with Crippen LogP contribution in [0.5, 0.6) is 0 Å². The molecule has 0 aliphatic carbocycles. The number of nitrogens with one attached hydrogen (secondary N) is 1. The molecule has 2 N–H and O–H groups in total. The van der Waals surface area contributed by atoms with E-state index in [9.17, 15) is 4.79 Å². The molecule has 1 aliphatic rings. The van der Waals surface area contributed by atoms with Crippen molar-refractivity contribution in [2.24, 2.45) is 4.99 Å². The first-order valence-corrected chi connectivity index (χ1v) is 5.49. The van der Waals surface area contributed by atoms with E-state index in [1.807, 2.05) is 24.3 Å². The summed E-state index contributed by atoms with van der Waals surface area (Å²) in [5.74, 6) is 0.00135. The first-order valence-electron chi connectivity index (χ1n) is 5.49. The Hall–Kier alpha value is -2.04. The fourth-order valence-electron chi connectivity index (χ4n) is 1.87. The molecule has 0 fully saturated rings. The number of benzene rings is 1. The topological polar surface area (TPSA) is 64.9 Å². The predicted octanol–water partition coefficient (Wildman–Crippen LogP) is 0.557. The molecule has 0 saturated heterocycles. The van der Waals surface area contributed by atoms with Crippen LogP contribution in [0.25, 0.3) is 0 Å². The van der Waals surface area contributed by atoms with Gasteiger partial charge < -0.3 is 15.3 Å². The van der Waals surface area contributed by atoms with E-state index in [1.165, 1.54) is 0 Å². The molecule has 2 rings (SSSR count). The van der Waals surface area contributed by atoms with Crippen molar-refractivity contribution in [3.8, 4) is 0 Å². The number of rotatable bonds is 4. The summed E-state index contributed by atoms with van der Waals surface area (Å²) in [7, 11) is 1.77. The molecule has 0 radical (unpaired) electrons. The Morgan fingerprint density at radius 3 is 2.94 bits per heavy atom. The molecule has 0 spiro atoms. The quantitative estimate of drug-likeness (QED) is 0.797. The first-order chi connectivity index (χ1) is 8.18. The average Bonchev–Trinajstić information content (AvgIpc) is 2.81. The molecule has 0 aromatic heterocycles. The minimum absolute atomic E-state index is 0.0235. The lowest BCUT2D eigenvalue weighted by molar-refractivity contribution is -0.135. The highest BCUT2D eigenvalue weighted by atomic mass is 16.4. The van der Waals surface area contributed by atoms with Gasteiger partial charge in [-0.25, -0.2) is 0 Å². The number of hydrogen-bond acceptors (Lipinski definition) is 4. The molecule has 17 heavy (non-hydrogen) atoms. The van der Waals surface area contributed by atoms with Crippen LogP contribution < -0.4 is 10.2 Å². The van der Waals surface area contributed by atoms with Crippen LogP contribution in [0, 0.1) is 0 Å². The Bertz CT molecular complexity index is 457. The van der Waals surface area contributed by atoms with Gasteiger partial charge in [0.2, 0.25) is 0 Å². The van der Waals surface area contributed by atoms with Crippen molar-refractivity contribution < 1.29 is 9.90 Å². The molecule has 1 heterocycles. The molecule has 5 heteroatoms. The van der Waals surface area contributed by atoms with E-state index in [-0.39, 0.29) is 6.54 Å². The highest BCUT2D eigenvalue weighted by molar-refractivity contribution is 6.04. The van der Waals surface area contributed by atoms with Crippen LogP contribution in [0.3, 0.4) is 0 Å². The maximum Gasteiger partial charge on any atom is 0.323 e. The van der Waals surface area contributed by atoms with E-state index in [0.29, 0.717) is 0 Å². The Morgan fingerprint density at radius 2 is 2.29 bits per heavy atom. The van der Waals surface area contributed by atoms with Gasteiger partial charge >= 0.3 is 5.97 Å². The molecular formula is C12H15N3O2. The number of hydrogen-bond donors (Lipinski definition) is 2. The lowest BCUT2D eigenvalue weighted by atomic mass is 10.1. The van der Waals surface area contributed by atoms with Gasteiger partial charge in [-0.1, -0.05) is 12.1 Å². The summed E-state index contributed by atoms with van der Waals surface area (Å²) in [6.45, 7) is 1.59. The van der Waals surface area contributed by atoms with Gasteiger partial charge in [0.05, 0.1) is 6.54 Å². The van der Waals surface area contributed by atoms with Crippen LogP contribution in [0.2, 0.25) is 0 Å². The number of para-hydroxylation sites is 1. The number of carbonyl (C=O) groups is 1. The fourth-order valence-corrected chi connectivity index (χ4v) is 1.87. The number of likely N-dealkylation sites (N-methyl/N-ethyl adjacent to an activating group) is 1. The van der Waals surface area contributed by atoms with Crippen molar-refractivity contribution in [1.29, 1.82) is 0 Å². The second kappa shape index (κ2) is 4.86. The average molecular weight is 233 g/mol. The monoisotopic (exact) mass is 233 g/mol. The lowest BCUT2D eigenvalue weighted by Gasteiger charge is -2.20. The van der Waals surface area contributed by atoms with E-state index in [2.05, 4.69) is 10.3 Å². The molecule has 0 saturated carbocycles. The highest BCUT2D eigenvalue weighted by Gasteiger charge is 2.15.